The van der Waals surface area contributed by atoms with Gasteiger partial charge in [0.15, 0.2) is 0 Å². The van der Waals surface area contributed by atoms with Gasteiger partial charge in [0.1, 0.15) is 0 Å². The molecule has 1 heterocycles. The molecule has 1 N–H and O–H groups in total. The zero-order valence-electron chi connectivity index (χ0n) is 12.9. The largest absolute Gasteiger partial charge is 0.353 e. The number of benzene rings is 1. The first-order valence-electron chi connectivity index (χ1n) is 7.32. The molecule has 0 radical (unpaired) electrons. The number of carbonyl (C=O) groups is 1. The van der Waals surface area contributed by atoms with Crippen molar-refractivity contribution >= 4 is 19.2 Å². The van der Waals surface area contributed by atoms with Crippen LogP contribution >= 0.6 is 0 Å². The van der Waals surface area contributed by atoms with Gasteiger partial charge in [-0.3, -0.25) is 4.79 Å². The molecule has 1 aromatic rings. The van der Waals surface area contributed by atoms with Crippen molar-refractivity contribution in [3.05, 3.63) is 43.0 Å². The van der Waals surface area contributed by atoms with Gasteiger partial charge in [-0.15, -0.1) is 6.58 Å². The van der Waals surface area contributed by atoms with E-state index < -0.39 is 8.07 Å². The van der Waals surface area contributed by atoms with Crippen molar-refractivity contribution in [3.63, 3.8) is 0 Å². The quantitative estimate of drug-likeness (QED) is 0.669. The van der Waals surface area contributed by atoms with Gasteiger partial charge in [-0.1, -0.05) is 68.5 Å². The molecule has 1 aromatic carbocycles. The minimum atomic E-state index is -1.81. The van der Waals surface area contributed by atoms with Crippen LogP contribution in [0.3, 0.4) is 0 Å². The number of amides is 1. The van der Waals surface area contributed by atoms with Crippen LogP contribution in [0.1, 0.15) is 20.3 Å². The van der Waals surface area contributed by atoms with Gasteiger partial charge >= 0.3 is 0 Å². The van der Waals surface area contributed by atoms with E-state index in [-0.39, 0.29) is 22.9 Å². The van der Waals surface area contributed by atoms with E-state index in [4.69, 9.17) is 0 Å². The Morgan fingerprint density at radius 2 is 1.95 bits per heavy atom. The van der Waals surface area contributed by atoms with Crippen molar-refractivity contribution < 1.29 is 4.79 Å². The molecule has 1 fully saturated rings. The van der Waals surface area contributed by atoms with Gasteiger partial charge < -0.3 is 5.32 Å². The van der Waals surface area contributed by atoms with Crippen LogP contribution in [0.5, 0.6) is 0 Å². The molecule has 1 amide bonds. The zero-order valence-corrected chi connectivity index (χ0v) is 13.9. The predicted octanol–water partition coefficient (Wildman–Crippen LogP) is 3.07. The zero-order chi connectivity index (χ0) is 15.0. The average Bonchev–Trinajstić information content (AvgIpc) is 2.66. The van der Waals surface area contributed by atoms with Crippen molar-refractivity contribution in [2.45, 2.75) is 44.4 Å². The van der Waals surface area contributed by atoms with Crippen molar-refractivity contribution in [2.24, 2.45) is 5.92 Å². The molecule has 0 aromatic heterocycles. The van der Waals surface area contributed by atoms with Crippen LogP contribution in [0.2, 0.25) is 18.1 Å². The summed E-state index contributed by atoms with van der Waals surface area (Å²) in [5.41, 5.74) is 0. The SMILES string of the molecule is C=CC[C@@H]1NC(=O)[C@H](C)[C@@]1(C)[Si](C)(C)c1ccccc1. The highest BCUT2D eigenvalue weighted by Crippen LogP contribution is 2.52. The van der Waals surface area contributed by atoms with Crippen LogP contribution in [0.15, 0.2) is 43.0 Å². The highest BCUT2D eigenvalue weighted by molar-refractivity contribution is 6.92. The van der Waals surface area contributed by atoms with Crippen molar-refractivity contribution in [1.29, 1.82) is 0 Å². The molecule has 1 saturated heterocycles. The minimum Gasteiger partial charge on any atom is -0.353 e. The predicted molar refractivity (Wildman–Crippen MR) is 87.8 cm³/mol. The lowest BCUT2D eigenvalue weighted by molar-refractivity contribution is -0.122. The highest BCUT2D eigenvalue weighted by atomic mass is 28.3. The third-order valence-electron chi connectivity index (χ3n) is 5.58. The van der Waals surface area contributed by atoms with Crippen molar-refractivity contribution in [1.82, 2.24) is 5.32 Å². The van der Waals surface area contributed by atoms with Gasteiger partial charge in [0.2, 0.25) is 5.91 Å². The normalized spacial score (nSPS) is 30.1. The third kappa shape index (κ3) is 2.04. The number of hydrogen-bond acceptors (Lipinski definition) is 1. The fourth-order valence-corrected chi connectivity index (χ4v) is 7.56. The molecule has 0 aliphatic carbocycles. The molecule has 0 spiro atoms. The number of nitrogens with one attached hydrogen (secondary N) is 1. The summed E-state index contributed by atoms with van der Waals surface area (Å²) in [5.74, 6) is 0.241. The maximum atomic E-state index is 12.2. The van der Waals surface area contributed by atoms with Crippen LogP contribution in [-0.2, 0) is 4.79 Å². The average molecular weight is 287 g/mol. The molecular formula is C17H25NOSi. The van der Waals surface area contributed by atoms with Gasteiger partial charge in [-0.05, 0) is 11.5 Å². The maximum absolute atomic E-state index is 12.2. The summed E-state index contributed by atoms with van der Waals surface area (Å²) in [5, 5.41) is 4.61. The summed E-state index contributed by atoms with van der Waals surface area (Å²) in [4.78, 5) is 12.2. The molecule has 3 heteroatoms. The third-order valence-corrected chi connectivity index (χ3v) is 10.8. The molecule has 0 unspecified atom stereocenters. The molecule has 2 rings (SSSR count). The second kappa shape index (κ2) is 5.21. The standard InChI is InChI=1S/C17H25NOSi/c1-6-10-15-17(3,13(2)16(19)18-15)20(4,5)14-11-8-7-9-12-14/h6-9,11-13,15H,1,10H2,2-5H3,(H,18,19)/t13-,15-,17+/m0/s1. The molecular weight excluding hydrogens is 262 g/mol. The van der Waals surface area contributed by atoms with Gasteiger partial charge in [0.05, 0.1) is 8.07 Å². The van der Waals surface area contributed by atoms with E-state index in [2.05, 4.69) is 69.2 Å². The molecule has 3 atom stereocenters. The topological polar surface area (TPSA) is 29.1 Å². The van der Waals surface area contributed by atoms with Crippen LogP contribution < -0.4 is 10.5 Å². The van der Waals surface area contributed by atoms with Gasteiger partial charge in [-0.2, -0.15) is 0 Å². The summed E-state index contributed by atoms with van der Waals surface area (Å²) in [7, 11) is -1.81. The Morgan fingerprint density at radius 3 is 2.50 bits per heavy atom. The summed E-state index contributed by atoms with van der Waals surface area (Å²) in [6.07, 6.45) is 2.77. The van der Waals surface area contributed by atoms with E-state index in [1.807, 2.05) is 6.08 Å². The van der Waals surface area contributed by atoms with Crippen LogP contribution in [0.4, 0.5) is 0 Å². The van der Waals surface area contributed by atoms with E-state index in [1.54, 1.807) is 0 Å². The molecule has 1 aliphatic heterocycles. The lowest BCUT2D eigenvalue weighted by Crippen LogP contribution is -2.57. The fraction of sp³-hybridized carbons (Fsp3) is 0.471. The van der Waals surface area contributed by atoms with Crippen molar-refractivity contribution in [3.8, 4) is 0 Å². The Bertz CT molecular complexity index is 511. The van der Waals surface area contributed by atoms with E-state index in [0.717, 1.165) is 6.42 Å². The number of rotatable bonds is 4. The first kappa shape index (κ1) is 15.0. The summed E-state index contributed by atoms with van der Waals surface area (Å²) in [6, 6.07) is 10.9. The molecule has 0 saturated carbocycles. The molecule has 0 bridgehead atoms. The molecule has 108 valence electrons. The monoisotopic (exact) mass is 287 g/mol. The number of carbonyl (C=O) groups excluding carboxylic acids is 1. The van der Waals surface area contributed by atoms with Crippen LogP contribution in [0.25, 0.3) is 0 Å². The van der Waals surface area contributed by atoms with E-state index in [1.165, 1.54) is 5.19 Å². The van der Waals surface area contributed by atoms with Crippen LogP contribution in [0, 0.1) is 5.92 Å². The molecule has 1 aliphatic rings. The Hall–Kier alpha value is -1.35. The van der Waals surface area contributed by atoms with Crippen LogP contribution in [-0.4, -0.2) is 20.0 Å². The van der Waals surface area contributed by atoms with E-state index in [9.17, 15) is 4.79 Å². The van der Waals surface area contributed by atoms with E-state index >= 15 is 0 Å². The Labute approximate surface area is 123 Å². The summed E-state index contributed by atoms with van der Waals surface area (Å²) in [6.45, 7) is 13.0. The molecule has 20 heavy (non-hydrogen) atoms. The summed E-state index contributed by atoms with van der Waals surface area (Å²) >= 11 is 0. The lowest BCUT2D eigenvalue weighted by atomic mass is 9.90. The second-order valence-electron chi connectivity index (χ2n) is 6.58. The van der Waals surface area contributed by atoms with E-state index in [0.29, 0.717) is 0 Å². The Balaban J connectivity index is 2.50. The first-order chi connectivity index (χ1) is 9.35. The first-order valence-corrected chi connectivity index (χ1v) is 10.3. The minimum absolute atomic E-state index is 0.000370. The lowest BCUT2D eigenvalue weighted by Gasteiger charge is -2.46. The maximum Gasteiger partial charge on any atom is 0.223 e. The summed E-state index contributed by atoms with van der Waals surface area (Å²) < 4.78 is 0. The van der Waals surface area contributed by atoms with Gasteiger partial charge in [0.25, 0.3) is 0 Å². The fourth-order valence-electron chi connectivity index (χ4n) is 3.63. The highest BCUT2D eigenvalue weighted by Gasteiger charge is 2.58. The van der Waals surface area contributed by atoms with Crippen molar-refractivity contribution in [2.75, 3.05) is 0 Å². The molecule has 2 nitrogen and oxygen atoms in total. The Kier molecular flexibility index (Phi) is 3.92. The smallest absolute Gasteiger partial charge is 0.223 e. The van der Waals surface area contributed by atoms with Gasteiger partial charge in [0, 0.05) is 12.0 Å². The Morgan fingerprint density at radius 1 is 1.35 bits per heavy atom. The number of hydrogen-bond donors (Lipinski definition) is 1. The second-order valence-corrected chi connectivity index (χ2v) is 11.5. The van der Waals surface area contributed by atoms with Gasteiger partial charge in [-0.25, -0.2) is 0 Å².